The Morgan fingerprint density at radius 2 is 2.29 bits per heavy atom. The van der Waals surface area contributed by atoms with Crippen LogP contribution < -0.4 is 5.32 Å². The molecule has 0 aliphatic carbocycles. The van der Waals surface area contributed by atoms with Gasteiger partial charge in [0.2, 0.25) is 0 Å². The second kappa shape index (κ2) is 6.77. The number of aromatic nitrogens is 1. The standard InChI is InChI=1S/C16H28N4S/c1-12-7-6-8-20(10-12)15(17-5)18-9-14-19-13(11-21-14)16(2,3)4/h11-12H,6-10H2,1-5H3,(H,17,18). The van der Waals surface area contributed by atoms with E-state index < -0.39 is 0 Å². The van der Waals surface area contributed by atoms with Crippen molar-refractivity contribution in [2.45, 2.75) is 52.5 Å². The van der Waals surface area contributed by atoms with E-state index >= 15 is 0 Å². The van der Waals surface area contributed by atoms with Crippen molar-refractivity contribution in [1.29, 1.82) is 0 Å². The molecule has 0 bridgehead atoms. The molecule has 1 aromatic heterocycles. The van der Waals surface area contributed by atoms with Crippen LogP contribution >= 0.6 is 11.3 Å². The van der Waals surface area contributed by atoms with E-state index in [0.29, 0.717) is 0 Å². The molecule has 0 radical (unpaired) electrons. The fourth-order valence-corrected chi connectivity index (χ4v) is 3.57. The number of rotatable bonds is 2. The highest BCUT2D eigenvalue weighted by atomic mass is 32.1. The van der Waals surface area contributed by atoms with E-state index in [-0.39, 0.29) is 5.41 Å². The van der Waals surface area contributed by atoms with Gasteiger partial charge in [0.25, 0.3) is 0 Å². The minimum absolute atomic E-state index is 0.124. The smallest absolute Gasteiger partial charge is 0.194 e. The molecule has 0 spiro atoms. The molecule has 5 heteroatoms. The average molecular weight is 308 g/mol. The zero-order valence-electron chi connectivity index (χ0n) is 13.9. The molecule has 1 fully saturated rings. The molecule has 2 heterocycles. The molecule has 1 aromatic rings. The summed E-state index contributed by atoms with van der Waals surface area (Å²) in [5.74, 6) is 1.76. The van der Waals surface area contributed by atoms with Gasteiger partial charge in [-0.15, -0.1) is 11.3 Å². The number of likely N-dealkylation sites (tertiary alicyclic amines) is 1. The highest BCUT2D eigenvalue weighted by molar-refractivity contribution is 7.09. The van der Waals surface area contributed by atoms with E-state index in [2.05, 4.69) is 48.3 Å². The van der Waals surface area contributed by atoms with Crippen LogP contribution in [0.4, 0.5) is 0 Å². The lowest BCUT2D eigenvalue weighted by Crippen LogP contribution is -2.45. The Bertz CT molecular complexity index is 487. The van der Waals surface area contributed by atoms with Crippen molar-refractivity contribution in [1.82, 2.24) is 15.2 Å². The van der Waals surface area contributed by atoms with Gasteiger partial charge < -0.3 is 10.2 Å². The molecular weight excluding hydrogens is 280 g/mol. The highest BCUT2D eigenvalue weighted by Crippen LogP contribution is 2.23. The Hall–Kier alpha value is -1.10. The van der Waals surface area contributed by atoms with Crippen LogP contribution in [0, 0.1) is 5.92 Å². The van der Waals surface area contributed by atoms with Crippen molar-refractivity contribution >= 4 is 17.3 Å². The minimum Gasteiger partial charge on any atom is -0.350 e. The quantitative estimate of drug-likeness (QED) is 0.673. The van der Waals surface area contributed by atoms with Gasteiger partial charge in [-0.1, -0.05) is 27.7 Å². The third kappa shape index (κ3) is 4.43. The fraction of sp³-hybridized carbons (Fsp3) is 0.750. The van der Waals surface area contributed by atoms with Crippen molar-refractivity contribution in [3.8, 4) is 0 Å². The number of guanidine groups is 1. The van der Waals surface area contributed by atoms with Gasteiger partial charge in [-0.3, -0.25) is 4.99 Å². The van der Waals surface area contributed by atoms with E-state index in [1.165, 1.54) is 18.5 Å². The third-order valence-corrected chi connectivity index (χ3v) is 4.74. The van der Waals surface area contributed by atoms with Gasteiger partial charge in [-0.2, -0.15) is 0 Å². The van der Waals surface area contributed by atoms with Gasteiger partial charge in [-0.05, 0) is 18.8 Å². The largest absolute Gasteiger partial charge is 0.350 e. The normalized spacial score (nSPS) is 20.7. The molecule has 0 amide bonds. The Morgan fingerprint density at radius 1 is 1.52 bits per heavy atom. The zero-order chi connectivity index (χ0) is 15.5. The predicted octanol–water partition coefficient (Wildman–Crippen LogP) is 3.25. The van der Waals surface area contributed by atoms with Crippen LogP contribution in [0.5, 0.6) is 0 Å². The molecule has 118 valence electrons. The maximum absolute atomic E-state index is 4.73. The topological polar surface area (TPSA) is 40.5 Å². The second-order valence-corrected chi connectivity index (χ2v) is 7.91. The van der Waals surface area contributed by atoms with Gasteiger partial charge in [0, 0.05) is 30.9 Å². The molecular formula is C16H28N4S. The molecule has 1 atom stereocenters. The van der Waals surface area contributed by atoms with Crippen LogP contribution in [0.15, 0.2) is 10.4 Å². The summed E-state index contributed by atoms with van der Waals surface area (Å²) in [5, 5.41) is 6.76. The number of aliphatic imine (C=N–C) groups is 1. The number of hydrogen-bond donors (Lipinski definition) is 1. The third-order valence-electron chi connectivity index (χ3n) is 3.89. The second-order valence-electron chi connectivity index (χ2n) is 6.97. The van der Waals surface area contributed by atoms with Gasteiger partial charge in [0.1, 0.15) is 5.01 Å². The first-order chi connectivity index (χ1) is 9.90. The maximum Gasteiger partial charge on any atom is 0.194 e. The highest BCUT2D eigenvalue weighted by Gasteiger charge is 2.20. The van der Waals surface area contributed by atoms with E-state index in [1.54, 1.807) is 11.3 Å². The molecule has 0 saturated carbocycles. The molecule has 1 N–H and O–H groups in total. The number of hydrogen-bond acceptors (Lipinski definition) is 3. The lowest BCUT2D eigenvalue weighted by atomic mass is 9.93. The van der Waals surface area contributed by atoms with Crippen LogP contribution in [-0.4, -0.2) is 36.0 Å². The molecule has 21 heavy (non-hydrogen) atoms. The van der Waals surface area contributed by atoms with E-state index in [9.17, 15) is 0 Å². The van der Waals surface area contributed by atoms with Crippen molar-refractivity contribution in [3.05, 3.63) is 16.1 Å². The van der Waals surface area contributed by atoms with Crippen molar-refractivity contribution in [2.24, 2.45) is 10.9 Å². The summed E-state index contributed by atoms with van der Waals surface area (Å²) in [5.41, 5.74) is 1.30. The Kier molecular flexibility index (Phi) is 5.25. The first-order valence-electron chi connectivity index (χ1n) is 7.80. The van der Waals surface area contributed by atoms with E-state index in [1.807, 2.05) is 7.05 Å². The predicted molar refractivity (Wildman–Crippen MR) is 91.0 cm³/mol. The monoisotopic (exact) mass is 308 g/mol. The summed E-state index contributed by atoms with van der Waals surface area (Å²) in [6, 6.07) is 0. The van der Waals surface area contributed by atoms with Gasteiger partial charge in [-0.25, -0.2) is 4.98 Å². The molecule has 2 rings (SSSR count). The first kappa shape index (κ1) is 16.3. The van der Waals surface area contributed by atoms with Gasteiger partial charge in [0.15, 0.2) is 5.96 Å². The van der Waals surface area contributed by atoms with Crippen LogP contribution in [-0.2, 0) is 12.0 Å². The Balaban J connectivity index is 1.93. The lowest BCUT2D eigenvalue weighted by molar-refractivity contribution is 0.266. The molecule has 1 aliphatic heterocycles. The molecule has 0 aromatic carbocycles. The summed E-state index contributed by atoms with van der Waals surface area (Å²) in [4.78, 5) is 11.5. The summed E-state index contributed by atoms with van der Waals surface area (Å²) >= 11 is 1.73. The van der Waals surface area contributed by atoms with Crippen molar-refractivity contribution in [3.63, 3.8) is 0 Å². The SMILES string of the molecule is CN=C(NCc1nc(C(C)(C)C)cs1)N1CCCC(C)C1. The van der Waals surface area contributed by atoms with Gasteiger partial charge >= 0.3 is 0 Å². The summed E-state index contributed by atoms with van der Waals surface area (Å²) < 4.78 is 0. The number of piperidine rings is 1. The van der Waals surface area contributed by atoms with Crippen LogP contribution in [0.3, 0.4) is 0 Å². The fourth-order valence-electron chi connectivity index (χ4n) is 2.61. The zero-order valence-corrected chi connectivity index (χ0v) is 14.8. The van der Waals surface area contributed by atoms with Crippen molar-refractivity contribution < 1.29 is 0 Å². The van der Waals surface area contributed by atoms with Crippen LogP contribution in [0.25, 0.3) is 0 Å². The Morgan fingerprint density at radius 3 is 2.86 bits per heavy atom. The van der Waals surface area contributed by atoms with Crippen molar-refractivity contribution in [2.75, 3.05) is 20.1 Å². The van der Waals surface area contributed by atoms with Crippen LogP contribution in [0.2, 0.25) is 0 Å². The molecule has 1 aliphatic rings. The van der Waals surface area contributed by atoms with E-state index in [4.69, 9.17) is 4.98 Å². The molecule has 1 saturated heterocycles. The number of thiazole rings is 1. The average Bonchev–Trinajstić information content (AvgIpc) is 2.88. The molecule has 4 nitrogen and oxygen atoms in total. The van der Waals surface area contributed by atoms with Gasteiger partial charge in [0.05, 0.1) is 12.2 Å². The summed E-state index contributed by atoms with van der Waals surface area (Å²) in [6.07, 6.45) is 2.59. The molecule has 1 unspecified atom stereocenters. The van der Waals surface area contributed by atoms with E-state index in [0.717, 1.165) is 36.5 Å². The first-order valence-corrected chi connectivity index (χ1v) is 8.68. The summed E-state index contributed by atoms with van der Waals surface area (Å²) in [6.45, 7) is 11.9. The lowest BCUT2D eigenvalue weighted by Gasteiger charge is -2.33. The summed E-state index contributed by atoms with van der Waals surface area (Å²) in [7, 11) is 1.87. The minimum atomic E-state index is 0.124. The number of nitrogens with zero attached hydrogens (tertiary/aromatic N) is 3. The number of nitrogens with one attached hydrogen (secondary N) is 1. The maximum atomic E-state index is 4.73. The Labute approximate surface area is 132 Å². The van der Waals surface area contributed by atoms with Crippen LogP contribution in [0.1, 0.15) is 51.2 Å².